The van der Waals surface area contributed by atoms with Crippen LogP contribution in [0.2, 0.25) is 0 Å². The maximum atomic E-state index is 12.2. The van der Waals surface area contributed by atoms with Crippen molar-refractivity contribution in [2.75, 3.05) is 18.5 Å². The highest BCUT2D eigenvalue weighted by molar-refractivity contribution is 5.98. The molecule has 0 spiro atoms. The van der Waals surface area contributed by atoms with Gasteiger partial charge in [-0.2, -0.15) is 0 Å². The van der Waals surface area contributed by atoms with Gasteiger partial charge in [0.05, 0.1) is 13.2 Å². The molecule has 2 amide bonds. The second kappa shape index (κ2) is 9.96. The van der Waals surface area contributed by atoms with Gasteiger partial charge in [-0.1, -0.05) is 25.1 Å². The summed E-state index contributed by atoms with van der Waals surface area (Å²) in [5.74, 6) is 0.908. The summed E-state index contributed by atoms with van der Waals surface area (Å²) in [5.41, 5.74) is 3.69. The molecule has 2 aromatic rings. The average Bonchev–Trinajstić information content (AvgIpc) is 3.10. The smallest absolute Gasteiger partial charge is 0.244 e. The van der Waals surface area contributed by atoms with Crippen LogP contribution in [0.25, 0.3) is 6.08 Å². The molecule has 0 saturated carbocycles. The minimum absolute atomic E-state index is 0.107. The van der Waals surface area contributed by atoms with Crippen molar-refractivity contribution in [3.05, 3.63) is 59.2 Å². The Kier molecular flexibility index (Phi) is 7.12. The molecule has 0 aliphatic carbocycles. The number of ether oxygens (including phenoxy) is 2. The molecular formula is C24H28N2O4. The fourth-order valence-electron chi connectivity index (χ4n) is 3.40. The first-order chi connectivity index (χ1) is 14.5. The SMILES string of the molecule is CCOc1cc2c(cc1/C=C/C(=O)NCC(=O)Nc1ccccc1CC)OC(C)C2. The second-order valence-electron chi connectivity index (χ2n) is 7.17. The lowest BCUT2D eigenvalue weighted by Gasteiger charge is -2.10. The third kappa shape index (κ3) is 5.41. The minimum Gasteiger partial charge on any atom is -0.493 e. The molecule has 1 atom stereocenters. The Balaban J connectivity index is 1.59. The Morgan fingerprint density at radius 2 is 2.03 bits per heavy atom. The zero-order valence-electron chi connectivity index (χ0n) is 17.7. The highest BCUT2D eigenvalue weighted by Gasteiger charge is 2.21. The number of nitrogens with one attached hydrogen (secondary N) is 2. The van der Waals surface area contributed by atoms with E-state index in [2.05, 4.69) is 10.6 Å². The van der Waals surface area contributed by atoms with Crippen LogP contribution in [0.1, 0.15) is 37.5 Å². The summed E-state index contributed by atoms with van der Waals surface area (Å²) in [5, 5.41) is 5.45. The second-order valence-corrected chi connectivity index (χ2v) is 7.17. The number of carbonyl (C=O) groups is 2. The van der Waals surface area contributed by atoms with Gasteiger partial charge >= 0.3 is 0 Å². The Morgan fingerprint density at radius 3 is 2.80 bits per heavy atom. The highest BCUT2D eigenvalue weighted by atomic mass is 16.5. The van der Waals surface area contributed by atoms with Crippen molar-refractivity contribution < 1.29 is 19.1 Å². The molecule has 3 rings (SSSR count). The summed E-state index contributed by atoms with van der Waals surface area (Å²) < 4.78 is 11.5. The number of fused-ring (bicyclic) bond motifs is 1. The summed E-state index contributed by atoms with van der Waals surface area (Å²) in [6.07, 6.45) is 4.87. The van der Waals surface area contributed by atoms with E-state index in [1.807, 2.05) is 57.2 Å². The molecule has 30 heavy (non-hydrogen) atoms. The van der Waals surface area contributed by atoms with Crippen LogP contribution in [0.5, 0.6) is 11.5 Å². The molecule has 0 radical (unpaired) electrons. The predicted molar refractivity (Wildman–Crippen MR) is 118 cm³/mol. The molecule has 2 aromatic carbocycles. The number of hydrogen-bond acceptors (Lipinski definition) is 4. The molecule has 158 valence electrons. The molecule has 1 aliphatic heterocycles. The predicted octanol–water partition coefficient (Wildman–Crippen LogP) is 3.74. The van der Waals surface area contributed by atoms with E-state index < -0.39 is 0 Å². The quantitative estimate of drug-likeness (QED) is 0.653. The molecule has 6 nitrogen and oxygen atoms in total. The molecule has 0 saturated heterocycles. The first-order valence-electron chi connectivity index (χ1n) is 10.3. The number of hydrogen-bond donors (Lipinski definition) is 2. The maximum absolute atomic E-state index is 12.2. The zero-order valence-corrected chi connectivity index (χ0v) is 17.7. The van der Waals surface area contributed by atoms with Crippen molar-refractivity contribution in [3.63, 3.8) is 0 Å². The number of rotatable bonds is 8. The minimum atomic E-state index is -0.355. The van der Waals surface area contributed by atoms with E-state index in [1.54, 1.807) is 6.08 Å². The van der Waals surface area contributed by atoms with Gasteiger partial charge in [0.1, 0.15) is 17.6 Å². The highest BCUT2D eigenvalue weighted by Crippen LogP contribution is 2.35. The van der Waals surface area contributed by atoms with Gasteiger partial charge in [-0.25, -0.2) is 0 Å². The number of benzene rings is 2. The lowest BCUT2D eigenvalue weighted by molar-refractivity contribution is -0.121. The summed E-state index contributed by atoms with van der Waals surface area (Å²) in [6.45, 7) is 6.39. The van der Waals surface area contributed by atoms with Gasteiger partial charge in [-0.15, -0.1) is 0 Å². The Hall–Kier alpha value is -3.28. The lowest BCUT2D eigenvalue weighted by atomic mass is 10.1. The molecule has 1 unspecified atom stereocenters. The van der Waals surface area contributed by atoms with Crippen LogP contribution in [-0.4, -0.2) is 31.1 Å². The summed E-state index contributed by atoms with van der Waals surface area (Å²) in [7, 11) is 0. The van der Waals surface area contributed by atoms with Gasteiger partial charge in [0.25, 0.3) is 0 Å². The van der Waals surface area contributed by atoms with Crippen LogP contribution in [0.15, 0.2) is 42.5 Å². The topological polar surface area (TPSA) is 76.7 Å². The molecule has 0 bridgehead atoms. The van der Waals surface area contributed by atoms with E-state index in [0.29, 0.717) is 12.4 Å². The zero-order chi connectivity index (χ0) is 21.5. The van der Waals surface area contributed by atoms with Crippen LogP contribution in [0.3, 0.4) is 0 Å². The first-order valence-corrected chi connectivity index (χ1v) is 10.3. The van der Waals surface area contributed by atoms with Gasteiger partial charge in [-0.05, 0) is 50.1 Å². The van der Waals surface area contributed by atoms with E-state index in [0.717, 1.165) is 41.0 Å². The number of carbonyl (C=O) groups excluding carboxylic acids is 2. The maximum Gasteiger partial charge on any atom is 0.244 e. The van der Waals surface area contributed by atoms with Crippen LogP contribution in [-0.2, 0) is 22.4 Å². The molecular weight excluding hydrogens is 380 g/mol. The van der Waals surface area contributed by atoms with E-state index in [4.69, 9.17) is 9.47 Å². The lowest BCUT2D eigenvalue weighted by Crippen LogP contribution is -2.31. The van der Waals surface area contributed by atoms with Gasteiger partial charge in [-0.3, -0.25) is 9.59 Å². The number of amides is 2. The third-order valence-electron chi connectivity index (χ3n) is 4.84. The van der Waals surface area contributed by atoms with Crippen LogP contribution >= 0.6 is 0 Å². The average molecular weight is 408 g/mol. The molecule has 1 heterocycles. The number of aryl methyl sites for hydroxylation is 1. The van der Waals surface area contributed by atoms with E-state index in [9.17, 15) is 9.59 Å². The van der Waals surface area contributed by atoms with Gasteiger partial charge < -0.3 is 20.1 Å². The first kappa shape index (κ1) is 21.4. The number of anilines is 1. The van der Waals surface area contributed by atoms with Gasteiger partial charge in [0.2, 0.25) is 11.8 Å². The largest absolute Gasteiger partial charge is 0.493 e. The number of para-hydroxylation sites is 1. The van der Waals surface area contributed by atoms with Gasteiger partial charge in [0, 0.05) is 29.3 Å². The standard InChI is InChI=1S/C24H28N2O4/c1-4-17-8-6-7-9-20(17)26-24(28)15-25-23(27)11-10-18-13-22-19(12-16(3)30-22)14-21(18)29-5-2/h6-11,13-14,16H,4-5,12,15H2,1-3H3,(H,25,27)(H,26,28)/b11-10+. The monoisotopic (exact) mass is 408 g/mol. The van der Waals surface area contributed by atoms with Crippen molar-refractivity contribution in [3.8, 4) is 11.5 Å². The fourth-order valence-corrected chi connectivity index (χ4v) is 3.40. The molecule has 1 aliphatic rings. The van der Waals surface area contributed by atoms with Crippen molar-refractivity contribution in [2.24, 2.45) is 0 Å². The Labute approximate surface area is 177 Å². The van der Waals surface area contributed by atoms with E-state index in [1.165, 1.54) is 6.08 Å². The third-order valence-corrected chi connectivity index (χ3v) is 4.84. The van der Waals surface area contributed by atoms with E-state index >= 15 is 0 Å². The summed E-state index contributed by atoms with van der Waals surface area (Å²) in [4.78, 5) is 24.4. The fraction of sp³-hybridized carbons (Fsp3) is 0.333. The van der Waals surface area contributed by atoms with E-state index in [-0.39, 0.29) is 24.5 Å². The van der Waals surface area contributed by atoms with Crippen molar-refractivity contribution in [1.82, 2.24) is 5.32 Å². The van der Waals surface area contributed by atoms with Crippen molar-refractivity contribution >= 4 is 23.6 Å². The summed E-state index contributed by atoms with van der Waals surface area (Å²) >= 11 is 0. The van der Waals surface area contributed by atoms with Crippen molar-refractivity contribution in [2.45, 2.75) is 39.7 Å². The Bertz CT molecular complexity index is 952. The molecule has 2 N–H and O–H groups in total. The molecule has 0 fully saturated rings. The van der Waals surface area contributed by atoms with Crippen LogP contribution < -0.4 is 20.1 Å². The molecule has 0 aromatic heterocycles. The normalized spacial score (nSPS) is 14.8. The van der Waals surface area contributed by atoms with Crippen molar-refractivity contribution in [1.29, 1.82) is 0 Å². The Morgan fingerprint density at radius 1 is 1.23 bits per heavy atom. The van der Waals surface area contributed by atoms with Gasteiger partial charge in [0.15, 0.2) is 0 Å². The van der Waals surface area contributed by atoms with Crippen LogP contribution in [0.4, 0.5) is 5.69 Å². The summed E-state index contributed by atoms with van der Waals surface area (Å²) in [6, 6.07) is 11.5. The molecule has 6 heteroatoms. The van der Waals surface area contributed by atoms with Crippen LogP contribution in [0, 0.1) is 0 Å².